The van der Waals surface area contributed by atoms with Gasteiger partial charge in [-0.2, -0.15) is 0 Å². The molecule has 2 amide bonds. The maximum absolute atomic E-state index is 13.2. The normalized spacial score (nSPS) is 14.7. The van der Waals surface area contributed by atoms with Crippen molar-refractivity contribution in [2.45, 2.75) is 0 Å². The van der Waals surface area contributed by atoms with Crippen LogP contribution >= 0.6 is 0 Å². The molecule has 120 valence electrons. The van der Waals surface area contributed by atoms with Crippen LogP contribution in [-0.2, 0) is 0 Å². The molecule has 0 atom stereocenters. The molecule has 0 unspecified atom stereocenters. The Kier molecular flexibility index (Phi) is 4.31. The molecule has 2 heterocycles. The predicted octanol–water partition coefficient (Wildman–Crippen LogP) is 2.11. The molecule has 1 aromatic carbocycles. The lowest BCUT2D eigenvalue weighted by atomic mass is 10.3. The molecule has 1 saturated heterocycles. The standard InChI is InChI=1S/C15H15F2N5O/c16-12-3-2-11(10-13(12)17)20-15(23)22-8-6-21(7-9-22)14-18-4-1-5-19-14/h1-5,10H,6-9H2,(H,20,23). The van der Waals surface area contributed by atoms with Crippen LogP contribution < -0.4 is 10.2 Å². The molecule has 3 rings (SSSR count). The van der Waals surface area contributed by atoms with E-state index in [2.05, 4.69) is 15.3 Å². The molecule has 0 spiro atoms. The molecular weight excluding hydrogens is 304 g/mol. The molecule has 0 aliphatic carbocycles. The molecule has 23 heavy (non-hydrogen) atoms. The number of urea groups is 1. The number of halogens is 2. The minimum absolute atomic E-state index is 0.225. The smallest absolute Gasteiger partial charge is 0.321 e. The van der Waals surface area contributed by atoms with Crippen LogP contribution in [-0.4, -0.2) is 47.1 Å². The lowest BCUT2D eigenvalue weighted by molar-refractivity contribution is 0.208. The van der Waals surface area contributed by atoms with Crippen molar-refractivity contribution in [3.8, 4) is 0 Å². The fourth-order valence-electron chi connectivity index (χ4n) is 2.34. The van der Waals surface area contributed by atoms with E-state index < -0.39 is 11.6 Å². The van der Waals surface area contributed by atoms with Crippen LogP contribution in [0.5, 0.6) is 0 Å². The molecule has 8 heteroatoms. The number of benzene rings is 1. The largest absolute Gasteiger partial charge is 0.337 e. The van der Waals surface area contributed by atoms with Gasteiger partial charge in [-0.25, -0.2) is 23.5 Å². The van der Waals surface area contributed by atoms with Gasteiger partial charge in [0.15, 0.2) is 11.6 Å². The Morgan fingerprint density at radius 3 is 2.39 bits per heavy atom. The third kappa shape index (κ3) is 3.53. The summed E-state index contributed by atoms with van der Waals surface area (Å²) in [5.74, 6) is -1.30. The van der Waals surface area contributed by atoms with Gasteiger partial charge in [-0.3, -0.25) is 0 Å². The third-order valence-corrected chi connectivity index (χ3v) is 3.57. The van der Waals surface area contributed by atoms with E-state index in [1.165, 1.54) is 6.07 Å². The number of amides is 2. The predicted molar refractivity (Wildman–Crippen MR) is 81.2 cm³/mol. The highest BCUT2D eigenvalue weighted by Gasteiger charge is 2.22. The Labute approximate surface area is 131 Å². The average Bonchev–Trinajstić information content (AvgIpc) is 2.59. The van der Waals surface area contributed by atoms with E-state index in [9.17, 15) is 13.6 Å². The zero-order chi connectivity index (χ0) is 16.2. The second kappa shape index (κ2) is 6.55. The minimum Gasteiger partial charge on any atom is -0.337 e. The van der Waals surface area contributed by atoms with Crippen molar-refractivity contribution in [3.05, 3.63) is 48.3 Å². The van der Waals surface area contributed by atoms with Crippen molar-refractivity contribution in [2.75, 3.05) is 36.4 Å². The van der Waals surface area contributed by atoms with E-state index >= 15 is 0 Å². The van der Waals surface area contributed by atoms with Gasteiger partial charge in [0.2, 0.25) is 5.95 Å². The SMILES string of the molecule is O=C(Nc1ccc(F)c(F)c1)N1CCN(c2ncccn2)CC1. The van der Waals surface area contributed by atoms with Crippen molar-refractivity contribution in [2.24, 2.45) is 0 Å². The molecule has 0 bridgehead atoms. The van der Waals surface area contributed by atoms with Crippen LogP contribution in [0.15, 0.2) is 36.7 Å². The van der Waals surface area contributed by atoms with E-state index in [-0.39, 0.29) is 11.7 Å². The van der Waals surface area contributed by atoms with Gasteiger partial charge >= 0.3 is 6.03 Å². The van der Waals surface area contributed by atoms with Gasteiger partial charge in [0.1, 0.15) is 0 Å². The third-order valence-electron chi connectivity index (χ3n) is 3.57. The fourth-order valence-corrected chi connectivity index (χ4v) is 2.34. The lowest BCUT2D eigenvalue weighted by Gasteiger charge is -2.34. The molecular formula is C15H15F2N5O. The first-order chi connectivity index (χ1) is 11.1. The molecule has 0 saturated carbocycles. The molecule has 6 nitrogen and oxygen atoms in total. The van der Waals surface area contributed by atoms with E-state index in [0.29, 0.717) is 32.1 Å². The molecule has 2 aromatic rings. The Hall–Kier alpha value is -2.77. The zero-order valence-corrected chi connectivity index (χ0v) is 12.2. The molecule has 1 aliphatic rings. The maximum atomic E-state index is 13.2. The molecule has 1 aromatic heterocycles. The number of carbonyl (C=O) groups is 1. The highest BCUT2D eigenvalue weighted by Crippen LogP contribution is 2.15. The fraction of sp³-hybridized carbons (Fsp3) is 0.267. The van der Waals surface area contributed by atoms with Gasteiger partial charge in [0.25, 0.3) is 0 Å². The minimum atomic E-state index is -0.992. The van der Waals surface area contributed by atoms with E-state index in [0.717, 1.165) is 12.1 Å². The number of carbonyl (C=O) groups excluding carboxylic acids is 1. The number of nitrogens with zero attached hydrogens (tertiary/aromatic N) is 4. The Morgan fingerprint density at radius 1 is 1.04 bits per heavy atom. The van der Waals surface area contributed by atoms with Crippen LogP contribution in [0.25, 0.3) is 0 Å². The summed E-state index contributed by atoms with van der Waals surface area (Å²) in [6.45, 7) is 2.20. The summed E-state index contributed by atoms with van der Waals surface area (Å²) in [5.41, 5.74) is 0.225. The van der Waals surface area contributed by atoms with Gasteiger partial charge < -0.3 is 15.1 Å². The number of hydrogen-bond acceptors (Lipinski definition) is 4. The highest BCUT2D eigenvalue weighted by molar-refractivity contribution is 5.89. The molecule has 1 N–H and O–H groups in total. The summed E-state index contributed by atoms with van der Waals surface area (Å²) in [6.07, 6.45) is 3.34. The van der Waals surface area contributed by atoms with Gasteiger partial charge in [-0.05, 0) is 18.2 Å². The van der Waals surface area contributed by atoms with Crippen LogP contribution in [0.3, 0.4) is 0 Å². The van der Waals surface area contributed by atoms with Gasteiger partial charge in [-0.1, -0.05) is 0 Å². The lowest BCUT2D eigenvalue weighted by Crippen LogP contribution is -2.50. The summed E-state index contributed by atoms with van der Waals surface area (Å²) in [5, 5.41) is 2.56. The van der Waals surface area contributed by atoms with Crippen LogP contribution in [0.1, 0.15) is 0 Å². The van der Waals surface area contributed by atoms with Crippen molar-refractivity contribution in [3.63, 3.8) is 0 Å². The zero-order valence-electron chi connectivity index (χ0n) is 12.2. The van der Waals surface area contributed by atoms with Crippen molar-refractivity contribution < 1.29 is 13.6 Å². The van der Waals surface area contributed by atoms with Crippen molar-refractivity contribution >= 4 is 17.7 Å². The number of nitrogens with one attached hydrogen (secondary N) is 1. The van der Waals surface area contributed by atoms with Crippen molar-refractivity contribution in [1.29, 1.82) is 0 Å². The summed E-state index contributed by atoms with van der Waals surface area (Å²) in [7, 11) is 0. The molecule has 1 aliphatic heterocycles. The summed E-state index contributed by atoms with van der Waals surface area (Å²) < 4.78 is 26.0. The Morgan fingerprint density at radius 2 is 1.74 bits per heavy atom. The number of anilines is 2. The first kappa shape index (κ1) is 15.1. The monoisotopic (exact) mass is 319 g/mol. The Bertz CT molecular complexity index is 690. The van der Waals surface area contributed by atoms with Crippen LogP contribution in [0.2, 0.25) is 0 Å². The topological polar surface area (TPSA) is 61.4 Å². The second-order valence-electron chi connectivity index (χ2n) is 5.08. The Balaban J connectivity index is 1.57. The summed E-state index contributed by atoms with van der Waals surface area (Å²) in [6, 6.07) is 4.67. The van der Waals surface area contributed by atoms with Gasteiger partial charge in [0, 0.05) is 50.3 Å². The average molecular weight is 319 g/mol. The van der Waals surface area contributed by atoms with E-state index in [4.69, 9.17) is 0 Å². The number of piperazine rings is 1. The first-order valence-electron chi connectivity index (χ1n) is 7.16. The number of aromatic nitrogens is 2. The summed E-state index contributed by atoms with van der Waals surface area (Å²) in [4.78, 5) is 24.1. The quantitative estimate of drug-likeness (QED) is 0.921. The van der Waals surface area contributed by atoms with E-state index in [1.54, 1.807) is 23.4 Å². The number of rotatable bonds is 2. The number of hydrogen-bond donors (Lipinski definition) is 1. The first-order valence-corrected chi connectivity index (χ1v) is 7.16. The maximum Gasteiger partial charge on any atom is 0.321 e. The van der Waals surface area contributed by atoms with Crippen LogP contribution in [0.4, 0.5) is 25.2 Å². The van der Waals surface area contributed by atoms with E-state index in [1.807, 2.05) is 4.90 Å². The molecule has 1 fully saturated rings. The second-order valence-corrected chi connectivity index (χ2v) is 5.08. The summed E-state index contributed by atoms with van der Waals surface area (Å²) >= 11 is 0. The van der Waals surface area contributed by atoms with Gasteiger partial charge in [0.05, 0.1) is 0 Å². The van der Waals surface area contributed by atoms with Crippen LogP contribution in [0, 0.1) is 11.6 Å². The van der Waals surface area contributed by atoms with Crippen molar-refractivity contribution in [1.82, 2.24) is 14.9 Å². The molecule has 0 radical (unpaired) electrons. The van der Waals surface area contributed by atoms with Gasteiger partial charge in [-0.15, -0.1) is 0 Å². The highest BCUT2D eigenvalue weighted by atomic mass is 19.2.